The number of carbonyl (C=O) groups is 3. The summed E-state index contributed by atoms with van der Waals surface area (Å²) in [7, 11) is 0. The molecule has 0 aromatic carbocycles. The van der Waals surface area contributed by atoms with Gasteiger partial charge in [-0.05, 0) is 38.5 Å². The van der Waals surface area contributed by atoms with Crippen LogP contribution in [0.25, 0.3) is 0 Å². The molecule has 0 aromatic heterocycles. The molecule has 0 aliphatic carbocycles. The number of imide groups is 1. The van der Waals surface area contributed by atoms with Crippen LogP contribution in [-0.4, -0.2) is 28.9 Å². The Balaban J connectivity index is 3.43. The van der Waals surface area contributed by atoms with Gasteiger partial charge in [0.25, 0.3) is 0 Å². The first kappa shape index (κ1) is 27.3. The molecule has 0 aliphatic rings. The molecule has 0 aromatic rings. The zero-order valence-corrected chi connectivity index (χ0v) is 18.3. The third kappa shape index (κ3) is 19.4. The normalized spacial score (nSPS) is 12.2. The Hall–Kier alpha value is -1.69. The summed E-state index contributed by atoms with van der Waals surface area (Å²) in [6, 6.07) is -1.07. The number of carbonyl (C=O) groups excluding carboxylic acids is 2. The van der Waals surface area contributed by atoms with E-state index in [9.17, 15) is 14.4 Å². The number of amides is 2. The zero-order chi connectivity index (χ0) is 21.7. The van der Waals surface area contributed by atoms with Crippen molar-refractivity contribution in [1.29, 1.82) is 0 Å². The Morgan fingerprint density at radius 2 is 1.28 bits per heavy atom. The summed E-state index contributed by atoms with van der Waals surface area (Å²) in [5.41, 5.74) is 5.33. The van der Waals surface area contributed by atoms with Gasteiger partial charge in [0.2, 0.25) is 11.8 Å². The van der Waals surface area contributed by atoms with Crippen molar-refractivity contribution in [2.75, 3.05) is 0 Å². The van der Waals surface area contributed by atoms with Crippen LogP contribution in [0.5, 0.6) is 0 Å². The zero-order valence-electron chi connectivity index (χ0n) is 18.3. The molecule has 4 N–H and O–H groups in total. The maximum Gasteiger partial charge on any atom is 0.320 e. The Kier molecular flexibility index (Phi) is 18.5. The minimum absolute atomic E-state index is 0.0296. The van der Waals surface area contributed by atoms with Crippen LogP contribution < -0.4 is 11.1 Å². The maximum atomic E-state index is 11.7. The largest absolute Gasteiger partial charge is 0.480 e. The lowest BCUT2D eigenvalue weighted by Crippen LogP contribution is -2.34. The molecule has 6 nitrogen and oxygen atoms in total. The van der Waals surface area contributed by atoms with E-state index in [1.807, 2.05) is 0 Å². The minimum Gasteiger partial charge on any atom is -0.480 e. The second-order valence-electron chi connectivity index (χ2n) is 7.79. The molecule has 0 saturated carbocycles. The monoisotopic (exact) mass is 410 g/mol. The quantitative estimate of drug-likeness (QED) is 0.208. The number of hydrogen-bond donors (Lipinski definition) is 3. The predicted molar refractivity (Wildman–Crippen MR) is 117 cm³/mol. The molecule has 0 heterocycles. The molecule has 1 unspecified atom stereocenters. The van der Waals surface area contributed by atoms with Crippen LogP contribution in [0.3, 0.4) is 0 Å². The third-order valence-electron chi connectivity index (χ3n) is 4.94. The van der Waals surface area contributed by atoms with Gasteiger partial charge >= 0.3 is 5.97 Å². The van der Waals surface area contributed by atoms with Gasteiger partial charge in [0.1, 0.15) is 6.04 Å². The second-order valence-corrected chi connectivity index (χ2v) is 7.79. The fourth-order valence-corrected chi connectivity index (χ4v) is 3.05. The molecule has 1 atom stereocenters. The lowest BCUT2D eigenvalue weighted by atomic mass is 10.1. The number of allylic oxidation sites excluding steroid dienone is 2. The van der Waals surface area contributed by atoms with Crippen molar-refractivity contribution < 1.29 is 19.5 Å². The fraction of sp³-hybridized carbons (Fsp3) is 0.783. The molecule has 0 bridgehead atoms. The molecule has 0 saturated heterocycles. The first-order chi connectivity index (χ1) is 14.0. The van der Waals surface area contributed by atoms with Crippen molar-refractivity contribution in [2.45, 2.75) is 116 Å². The van der Waals surface area contributed by atoms with E-state index >= 15 is 0 Å². The Morgan fingerprint density at radius 1 is 0.793 bits per heavy atom. The van der Waals surface area contributed by atoms with Crippen molar-refractivity contribution in [3.63, 3.8) is 0 Å². The van der Waals surface area contributed by atoms with Gasteiger partial charge in [0.05, 0.1) is 0 Å². The Morgan fingerprint density at radius 3 is 1.83 bits per heavy atom. The topological polar surface area (TPSA) is 109 Å². The summed E-state index contributed by atoms with van der Waals surface area (Å²) >= 11 is 0. The number of rotatable bonds is 19. The molecule has 0 spiro atoms. The van der Waals surface area contributed by atoms with Gasteiger partial charge in [0, 0.05) is 12.8 Å². The summed E-state index contributed by atoms with van der Waals surface area (Å²) in [5, 5.41) is 10.9. The number of hydrogen-bond acceptors (Lipinski definition) is 4. The van der Waals surface area contributed by atoms with E-state index < -0.39 is 17.9 Å². The van der Waals surface area contributed by atoms with Crippen molar-refractivity contribution in [3.05, 3.63) is 12.2 Å². The van der Waals surface area contributed by atoms with Gasteiger partial charge in [0.15, 0.2) is 0 Å². The fourth-order valence-electron chi connectivity index (χ4n) is 3.05. The van der Waals surface area contributed by atoms with Gasteiger partial charge in [-0.25, -0.2) is 0 Å². The number of carboxylic acids is 1. The molecule has 0 aliphatic heterocycles. The number of aliphatic carboxylic acids is 1. The van der Waals surface area contributed by atoms with Crippen LogP contribution in [0, 0.1) is 0 Å². The molecule has 6 heteroatoms. The highest BCUT2D eigenvalue weighted by Crippen LogP contribution is 2.10. The summed E-state index contributed by atoms with van der Waals surface area (Å²) in [4.78, 5) is 33.8. The van der Waals surface area contributed by atoms with Crippen LogP contribution in [0.2, 0.25) is 0 Å². The van der Waals surface area contributed by atoms with E-state index in [0.717, 1.165) is 32.1 Å². The van der Waals surface area contributed by atoms with Crippen molar-refractivity contribution in [2.24, 2.45) is 5.73 Å². The number of unbranched alkanes of at least 4 members (excludes halogenated alkanes) is 11. The van der Waals surface area contributed by atoms with Crippen LogP contribution in [0.15, 0.2) is 12.2 Å². The molecule has 0 radical (unpaired) electrons. The number of nitrogens with one attached hydrogen (secondary N) is 1. The highest BCUT2D eigenvalue weighted by Gasteiger charge is 2.14. The Bertz CT molecular complexity index is 477. The number of nitrogens with two attached hydrogens (primary N) is 1. The summed E-state index contributed by atoms with van der Waals surface area (Å²) in [5.74, 6) is -1.90. The second kappa shape index (κ2) is 19.6. The van der Waals surface area contributed by atoms with E-state index in [2.05, 4.69) is 24.4 Å². The van der Waals surface area contributed by atoms with Crippen LogP contribution in [0.1, 0.15) is 110 Å². The SMILES string of the molecule is CCCCCCCC/C=C\CCCCCCCC(=O)NC(=O)CCC(N)C(=O)O. The lowest BCUT2D eigenvalue weighted by molar-refractivity contribution is -0.138. The van der Waals surface area contributed by atoms with Gasteiger partial charge in [-0.3, -0.25) is 19.7 Å². The predicted octanol–water partition coefficient (Wildman–Crippen LogP) is 4.86. The van der Waals surface area contributed by atoms with E-state index in [1.54, 1.807) is 0 Å². The Labute approximate surface area is 176 Å². The van der Waals surface area contributed by atoms with E-state index in [0.29, 0.717) is 6.42 Å². The van der Waals surface area contributed by atoms with Crippen LogP contribution in [0.4, 0.5) is 0 Å². The standard InChI is InChI=1S/C23H42N2O4/c1-2-3-4-5-6-7-8-9-10-11-12-13-14-15-16-17-21(26)25-22(27)19-18-20(24)23(28)29/h9-10,20H,2-8,11-19,24H2,1H3,(H,28,29)(H,25,26,27)/b10-9-. The smallest absolute Gasteiger partial charge is 0.320 e. The summed E-state index contributed by atoms with van der Waals surface area (Å²) < 4.78 is 0. The van der Waals surface area contributed by atoms with Gasteiger partial charge < -0.3 is 10.8 Å². The third-order valence-corrected chi connectivity index (χ3v) is 4.94. The molecular formula is C23H42N2O4. The molecule has 29 heavy (non-hydrogen) atoms. The van der Waals surface area contributed by atoms with Gasteiger partial charge in [-0.15, -0.1) is 0 Å². The maximum absolute atomic E-state index is 11.7. The highest BCUT2D eigenvalue weighted by atomic mass is 16.4. The van der Waals surface area contributed by atoms with E-state index in [-0.39, 0.29) is 18.7 Å². The molecule has 2 amide bonds. The minimum atomic E-state index is -1.14. The average Bonchev–Trinajstić information content (AvgIpc) is 2.68. The van der Waals surface area contributed by atoms with Crippen LogP contribution >= 0.6 is 0 Å². The van der Waals surface area contributed by atoms with Gasteiger partial charge in [-0.2, -0.15) is 0 Å². The average molecular weight is 411 g/mol. The van der Waals surface area contributed by atoms with Crippen LogP contribution in [-0.2, 0) is 14.4 Å². The molecule has 0 rings (SSSR count). The van der Waals surface area contributed by atoms with Crippen molar-refractivity contribution in [3.8, 4) is 0 Å². The molecule has 0 fully saturated rings. The van der Waals surface area contributed by atoms with E-state index in [1.165, 1.54) is 51.4 Å². The van der Waals surface area contributed by atoms with Crippen molar-refractivity contribution >= 4 is 17.8 Å². The molecular weight excluding hydrogens is 368 g/mol. The number of carboxylic acid groups (broad SMARTS) is 1. The van der Waals surface area contributed by atoms with Gasteiger partial charge in [-0.1, -0.05) is 70.4 Å². The molecule has 168 valence electrons. The van der Waals surface area contributed by atoms with E-state index in [4.69, 9.17) is 10.8 Å². The first-order valence-electron chi connectivity index (χ1n) is 11.4. The first-order valence-corrected chi connectivity index (χ1v) is 11.4. The summed E-state index contributed by atoms with van der Waals surface area (Å²) in [6.45, 7) is 2.24. The summed E-state index contributed by atoms with van der Waals surface area (Å²) in [6.07, 6.45) is 20.5. The van der Waals surface area contributed by atoms with Crippen molar-refractivity contribution in [1.82, 2.24) is 5.32 Å². The lowest BCUT2D eigenvalue weighted by Gasteiger charge is -2.06. The highest BCUT2D eigenvalue weighted by molar-refractivity contribution is 5.95.